The summed E-state index contributed by atoms with van der Waals surface area (Å²) in [6.45, 7) is 2.78. The fourth-order valence-corrected chi connectivity index (χ4v) is 1.65. The lowest BCUT2D eigenvalue weighted by Gasteiger charge is -2.18. The molecule has 0 spiro atoms. The van der Waals surface area contributed by atoms with Gasteiger partial charge < -0.3 is 5.11 Å². The van der Waals surface area contributed by atoms with E-state index < -0.39 is 5.97 Å². The van der Waals surface area contributed by atoms with E-state index in [-0.39, 0.29) is 13.0 Å². The average Bonchev–Trinajstić information content (AvgIpc) is 2.39. The summed E-state index contributed by atoms with van der Waals surface area (Å²) in [6, 6.07) is 7.15. The van der Waals surface area contributed by atoms with Gasteiger partial charge in [0.2, 0.25) is 6.41 Å². The standard InChI is InChI=1S/C14H19NO4/c1-2-3-8-19-15(11-16)10-13-7-5-4-6-12(13)9-14(17)18/h4-7,11H,2-3,8-10H2,1H3,(H,17,18). The molecule has 0 radical (unpaired) electrons. The van der Waals surface area contributed by atoms with E-state index in [0.717, 1.165) is 18.4 Å². The summed E-state index contributed by atoms with van der Waals surface area (Å²) < 4.78 is 0. The molecule has 0 unspecified atom stereocenters. The number of carbonyl (C=O) groups excluding carboxylic acids is 1. The van der Waals surface area contributed by atoms with Crippen molar-refractivity contribution in [2.24, 2.45) is 0 Å². The lowest BCUT2D eigenvalue weighted by atomic mass is 10.0. The zero-order valence-corrected chi connectivity index (χ0v) is 11.0. The molecular weight excluding hydrogens is 246 g/mol. The molecule has 1 N–H and O–H groups in total. The molecule has 1 aromatic rings. The average molecular weight is 265 g/mol. The van der Waals surface area contributed by atoms with Crippen molar-refractivity contribution in [2.45, 2.75) is 32.7 Å². The molecule has 0 atom stereocenters. The Bertz CT molecular complexity index is 420. The van der Waals surface area contributed by atoms with Gasteiger partial charge in [0.05, 0.1) is 19.6 Å². The van der Waals surface area contributed by atoms with Crippen molar-refractivity contribution in [2.75, 3.05) is 6.61 Å². The van der Waals surface area contributed by atoms with Crippen LogP contribution in [0.15, 0.2) is 24.3 Å². The molecule has 104 valence electrons. The summed E-state index contributed by atoms with van der Waals surface area (Å²) in [5.74, 6) is -0.892. The number of carboxylic acids is 1. The molecule has 0 aliphatic heterocycles. The summed E-state index contributed by atoms with van der Waals surface area (Å²) in [5, 5.41) is 10.0. The second-order valence-corrected chi connectivity index (χ2v) is 4.21. The van der Waals surface area contributed by atoms with Gasteiger partial charge in [-0.15, -0.1) is 0 Å². The summed E-state index contributed by atoms with van der Waals surface area (Å²) in [7, 11) is 0. The lowest BCUT2D eigenvalue weighted by molar-refractivity contribution is -0.176. The Morgan fingerprint density at radius 3 is 2.63 bits per heavy atom. The highest BCUT2D eigenvalue weighted by Gasteiger charge is 2.10. The molecule has 0 fully saturated rings. The van der Waals surface area contributed by atoms with Gasteiger partial charge in [-0.1, -0.05) is 37.6 Å². The van der Waals surface area contributed by atoms with Crippen molar-refractivity contribution in [1.82, 2.24) is 5.06 Å². The van der Waals surface area contributed by atoms with Crippen LogP contribution in [-0.4, -0.2) is 29.2 Å². The van der Waals surface area contributed by atoms with E-state index in [9.17, 15) is 9.59 Å². The van der Waals surface area contributed by atoms with Crippen LogP contribution in [-0.2, 0) is 27.4 Å². The van der Waals surface area contributed by atoms with Gasteiger partial charge in [-0.25, -0.2) is 5.06 Å². The van der Waals surface area contributed by atoms with Gasteiger partial charge >= 0.3 is 5.97 Å². The van der Waals surface area contributed by atoms with Gasteiger partial charge in [0.1, 0.15) is 0 Å². The van der Waals surface area contributed by atoms with Crippen molar-refractivity contribution >= 4 is 12.4 Å². The normalized spacial score (nSPS) is 10.2. The van der Waals surface area contributed by atoms with E-state index in [4.69, 9.17) is 9.94 Å². The molecule has 0 aliphatic carbocycles. The first kappa shape index (κ1) is 15.2. The smallest absolute Gasteiger partial charge is 0.307 e. The maximum absolute atomic E-state index is 10.9. The highest BCUT2D eigenvalue weighted by atomic mass is 16.7. The van der Waals surface area contributed by atoms with Gasteiger partial charge in [-0.3, -0.25) is 14.4 Å². The van der Waals surface area contributed by atoms with E-state index in [1.807, 2.05) is 13.0 Å². The molecule has 5 nitrogen and oxygen atoms in total. The topological polar surface area (TPSA) is 66.8 Å². The molecule has 0 aliphatic rings. The zero-order valence-electron chi connectivity index (χ0n) is 11.0. The molecule has 1 amide bonds. The predicted molar refractivity (Wildman–Crippen MR) is 70.2 cm³/mol. The first-order chi connectivity index (χ1) is 9.17. The third-order valence-corrected chi connectivity index (χ3v) is 2.66. The predicted octanol–water partition coefficient (Wildman–Crippen LogP) is 2.00. The summed E-state index contributed by atoms with van der Waals surface area (Å²) >= 11 is 0. The maximum Gasteiger partial charge on any atom is 0.307 e. The van der Waals surface area contributed by atoms with Crippen molar-refractivity contribution in [1.29, 1.82) is 0 Å². The number of aliphatic carboxylic acids is 1. The SMILES string of the molecule is CCCCON(C=O)Cc1ccccc1CC(=O)O. The van der Waals surface area contributed by atoms with E-state index in [2.05, 4.69) is 0 Å². The Kier molecular flexibility index (Phi) is 6.60. The molecule has 0 heterocycles. The number of hydrogen-bond donors (Lipinski definition) is 1. The number of nitrogens with zero attached hydrogens (tertiary/aromatic N) is 1. The Labute approximate surface area is 112 Å². The number of benzene rings is 1. The van der Waals surface area contributed by atoms with Crippen LogP contribution in [0.1, 0.15) is 30.9 Å². The van der Waals surface area contributed by atoms with Crippen LogP contribution in [0.3, 0.4) is 0 Å². The van der Waals surface area contributed by atoms with E-state index in [1.54, 1.807) is 18.2 Å². The Morgan fingerprint density at radius 1 is 1.37 bits per heavy atom. The Hall–Kier alpha value is -1.88. The largest absolute Gasteiger partial charge is 0.481 e. The van der Waals surface area contributed by atoms with Crippen LogP contribution in [0.25, 0.3) is 0 Å². The molecule has 1 rings (SSSR count). The molecule has 1 aromatic carbocycles. The number of carboxylic acid groups (broad SMARTS) is 1. The number of hydrogen-bond acceptors (Lipinski definition) is 3. The molecule has 0 aromatic heterocycles. The lowest BCUT2D eigenvalue weighted by Crippen LogP contribution is -2.23. The minimum atomic E-state index is -0.892. The molecule has 0 saturated heterocycles. The van der Waals surface area contributed by atoms with Crippen molar-refractivity contribution in [3.05, 3.63) is 35.4 Å². The van der Waals surface area contributed by atoms with E-state index in [1.165, 1.54) is 5.06 Å². The molecular formula is C14H19NO4. The van der Waals surface area contributed by atoms with Crippen molar-refractivity contribution < 1.29 is 19.5 Å². The van der Waals surface area contributed by atoms with Gasteiger partial charge in [-0.05, 0) is 17.5 Å². The number of unbranched alkanes of at least 4 members (excludes halogenated alkanes) is 1. The minimum absolute atomic E-state index is 0.0577. The fraction of sp³-hybridized carbons (Fsp3) is 0.429. The highest BCUT2D eigenvalue weighted by Crippen LogP contribution is 2.12. The zero-order chi connectivity index (χ0) is 14.1. The monoisotopic (exact) mass is 265 g/mol. The second kappa shape index (κ2) is 8.26. The third-order valence-electron chi connectivity index (χ3n) is 2.66. The maximum atomic E-state index is 10.9. The van der Waals surface area contributed by atoms with Gasteiger partial charge in [0, 0.05) is 0 Å². The van der Waals surface area contributed by atoms with E-state index >= 15 is 0 Å². The molecule has 19 heavy (non-hydrogen) atoms. The number of carbonyl (C=O) groups is 2. The molecule has 0 saturated carbocycles. The second-order valence-electron chi connectivity index (χ2n) is 4.21. The number of amides is 1. The van der Waals surface area contributed by atoms with Crippen LogP contribution >= 0.6 is 0 Å². The first-order valence-electron chi connectivity index (χ1n) is 6.30. The van der Waals surface area contributed by atoms with Crippen LogP contribution in [0.2, 0.25) is 0 Å². The Morgan fingerprint density at radius 2 is 2.05 bits per heavy atom. The van der Waals surface area contributed by atoms with Crippen molar-refractivity contribution in [3.8, 4) is 0 Å². The fourth-order valence-electron chi connectivity index (χ4n) is 1.65. The quantitative estimate of drug-likeness (QED) is 0.421. The van der Waals surface area contributed by atoms with Gasteiger partial charge in [0.15, 0.2) is 0 Å². The Balaban J connectivity index is 2.67. The number of rotatable bonds is 9. The van der Waals surface area contributed by atoms with Crippen molar-refractivity contribution in [3.63, 3.8) is 0 Å². The summed E-state index contributed by atoms with van der Waals surface area (Å²) in [6.07, 6.45) is 2.43. The summed E-state index contributed by atoms with van der Waals surface area (Å²) in [5.41, 5.74) is 1.48. The van der Waals surface area contributed by atoms with Gasteiger partial charge in [-0.2, -0.15) is 0 Å². The van der Waals surface area contributed by atoms with Crippen LogP contribution in [0.4, 0.5) is 0 Å². The minimum Gasteiger partial charge on any atom is -0.481 e. The summed E-state index contributed by atoms with van der Waals surface area (Å²) in [4.78, 5) is 27.0. The van der Waals surface area contributed by atoms with Crippen LogP contribution < -0.4 is 0 Å². The van der Waals surface area contributed by atoms with Gasteiger partial charge in [0.25, 0.3) is 0 Å². The molecule has 5 heteroatoms. The van der Waals surface area contributed by atoms with E-state index in [0.29, 0.717) is 18.6 Å². The third kappa shape index (κ3) is 5.52. The highest BCUT2D eigenvalue weighted by molar-refractivity contribution is 5.70. The van der Waals surface area contributed by atoms with Crippen LogP contribution in [0.5, 0.6) is 0 Å². The first-order valence-corrected chi connectivity index (χ1v) is 6.30. The van der Waals surface area contributed by atoms with Crippen LogP contribution in [0, 0.1) is 0 Å². The molecule has 0 bridgehead atoms. The number of hydroxylamine groups is 2.